The molecule has 2 aromatic carbocycles. The Hall–Kier alpha value is -2.74. The molecule has 120 valence electrons. The maximum atomic E-state index is 12.3. The van der Waals surface area contributed by atoms with Crippen LogP contribution in [0, 0.1) is 0 Å². The van der Waals surface area contributed by atoms with Crippen LogP contribution in [0.25, 0.3) is 0 Å². The van der Waals surface area contributed by atoms with Crippen LogP contribution in [-0.4, -0.2) is 27.4 Å². The van der Waals surface area contributed by atoms with Crippen molar-refractivity contribution in [2.24, 2.45) is 0 Å². The Bertz CT molecular complexity index is 864. The molecule has 0 unspecified atom stereocenters. The zero-order valence-electron chi connectivity index (χ0n) is 12.2. The summed E-state index contributed by atoms with van der Waals surface area (Å²) in [4.78, 5) is 12.3. The van der Waals surface area contributed by atoms with E-state index in [9.17, 15) is 13.2 Å². The highest BCUT2D eigenvalue weighted by molar-refractivity contribution is 7.92. The van der Waals surface area contributed by atoms with Crippen LogP contribution in [-0.2, 0) is 10.0 Å². The minimum atomic E-state index is -3.40. The van der Waals surface area contributed by atoms with Crippen LogP contribution in [0.1, 0.15) is 10.4 Å². The van der Waals surface area contributed by atoms with Gasteiger partial charge in [-0.25, -0.2) is 8.42 Å². The quantitative estimate of drug-likeness (QED) is 0.892. The van der Waals surface area contributed by atoms with Gasteiger partial charge in [0, 0.05) is 23.0 Å². The molecule has 1 amide bonds. The van der Waals surface area contributed by atoms with E-state index >= 15 is 0 Å². The number of ether oxygens (including phenoxy) is 2. The maximum Gasteiger partial charge on any atom is 0.255 e. The lowest BCUT2D eigenvalue weighted by Crippen LogP contribution is -2.13. The normalized spacial score (nSPS) is 12.7. The average Bonchev–Trinajstić information content (AvgIpc) is 2.93. The van der Waals surface area contributed by atoms with Crippen LogP contribution in [0.5, 0.6) is 11.5 Å². The van der Waals surface area contributed by atoms with Gasteiger partial charge in [-0.15, -0.1) is 0 Å². The number of hydrogen-bond donors (Lipinski definition) is 2. The van der Waals surface area contributed by atoms with E-state index in [0.717, 1.165) is 6.26 Å². The molecule has 3 rings (SSSR count). The second kappa shape index (κ2) is 5.81. The van der Waals surface area contributed by atoms with Gasteiger partial charge >= 0.3 is 0 Å². The van der Waals surface area contributed by atoms with Gasteiger partial charge < -0.3 is 14.8 Å². The van der Waals surface area contributed by atoms with E-state index < -0.39 is 10.0 Å². The van der Waals surface area contributed by atoms with Crippen molar-refractivity contribution < 1.29 is 22.7 Å². The van der Waals surface area contributed by atoms with E-state index in [1.807, 2.05) is 0 Å². The van der Waals surface area contributed by atoms with Gasteiger partial charge in [0.1, 0.15) is 0 Å². The van der Waals surface area contributed by atoms with Gasteiger partial charge in [0.25, 0.3) is 5.91 Å². The highest BCUT2D eigenvalue weighted by Crippen LogP contribution is 2.34. The molecule has 1 aliphatic heterocycles. The highest BCUT2D eigenvalue weighted by atomic mass is 32.2. The molecule has 8 heteroatoms. The molecule has 0 saturated heterocycles. The predicted octanol–water partition coefficient (Wildman–Crippen LogP) is 2.04. The first-order valence-corrected chi connectivity index (χ1v) is 8.59. The van der Waals surface area contributed by atoms with Crippen molar-refractivity contribution in [1.29, 1.82) is 0 Å². The third kappa shape index (κ3) is 3.72. The van der Waals surface area contributed by atoms with Gasteiger partial charge in [-0.1, -0.05) is 6.07 Å². The van der Waals surface area contributed by atoms with E-state index in [0.29, 0.717) is 28.4 Å². The SMILES string of the molecule is CS(=O)(=O)Nc1cccc(C(=O)Nc2ccc3c(c2)OCO3)c1. The summed E-state index contributed by atoms with van der Waals surface area (Å²) < 4.78 is 35.3. The zero-order chi connectivity index (χ0) is 16.4. The molecule has 0 bridgehead atoms. The maximum absolute atomic E-state index is 12.3. The number of anilines is 2. The fourth-order valence-electron chi connectivity index (χ4n) is 2.12. The first-order valence-electron chi connectivity index (χ1n) is 6.69. The fourth-order valence-corrected chi connectivity index (χ4v) is 2.67. The van der Waals surface area contributed by atoms with Crippen molar-refractivity contribution in [3.8, 4) is 11.5 Å². The molecular formula is C15H14N2O5S. The number of fused-ring (bicyclic) bond motifs is 1. The van der Waals surface area contributed by atoms with Gasteiger partial charge in [0.05, 0.1) is 6.26 Å². The number of carbonyl (C=O) groups excluding carboxylic acids is 1. The van der Waals surface area contributed by atoms with Crippen molar-refractivity contribution in [2.45, 2.75) is 0 Å². The summed E-state index contributed by atoms with van der Waals surface area (Å²) in [6.45, 7) is 0.159. The van der Waals surface area contributed by atoms with Gasteiger partial charge in [-0.2, -0.15) is 0 Å². The molecule has 1 aliphatic rings. The van der Waals surface area contributed by atoms with Crippen LogP contribution in [0.3, 0.4) is 0 Å². The first-order chi connectivity index (χ1) is 10.9. The van der Waals surface area contributed by atoms with Crippen molar-refractivity contribution in [2.75, 3.05) is 23.1 Å². The smallest absolute Gasteiger partial charge is 0.255 e. The largest absolute Gasteiger partial charge is 0.454 e. The fraction of sp³-hybridized carbons (Fsp3) is 0.133. The van der Waals surface area contributed by atoms with Gasteiger partial charge in [-0.3, -0.25) is 9.52 Å². The second-order valence-electron chi connectivity index (χ2n) is 4.98. The summed E-state index contributed by atoms with van der Waals surface area (Å²) >= 11 is 0. The Morgan fingerprint density at radius 2 is 1.83 bits per heavy atom. The van der Waals surface area contributed by atoms with E-state index in [4.69, 9.17) is 9.47 Å². The standard InChI is InChI=1S/C15H14N2O5S/c1-23(19,20)17-12-4-2-3-10(7-12)15(18)16-11-5-6-13-14(8-11)22-9-21-13/h2-8,17H,9H2,1H3,(H,16,18). The van der Waals surface area contributed by atoms with Crippen molar-refractivity contribution in [1.82, 2.24) is 0 Å². The van der Waals surface area contributed by atoms with Crippen molar-refractivity contribution in [3.05, 3.63) is 48.0 Å². The molecular weight excluding hydrogens is 320 g/mol. The summed E-state index contributed by atoms with van der Waals surface area (Å²) in [6.07, 6.45) is 1.05. The molecule has 1 heterocycles. The Morgan fingerprint density at radius 1 is 1.04 bits per heavy atom. The summed E-state index contributed by atoms with van der Waals surface area (Å²) in [5.74, 6) is 0.832. The molecule has 0 spiro atoms. The van der Waals surface area contributed by atoms with Crippen molar-refractivity contribution in [3.63, 3.8) is 0 Å². The van der Waals surface area contributed by atoms with Gasteiger partial charge in [-0.05, 0) is 30.3 Å². The van der Waals surface area contributed by atoms with Crippen molar-refractivity contribution >= 4 is 27.3 Å². The molecule has 7 nitrogen and oxygen atoms in total. The summed E-state index contributed by atoms with van der Waals surface area (Å²) in [6, 6.07) is 11.3. The molecule has 0 fully saturated rings. The molecule has 0 aliphatic carbocycles. The molecule has 0 aromatic heterocycles. The third-order valence-corrected chi connectivity index (χ3v) is 3.66. The Balaban J connectivity index is 1.77. The highest BCUT2D eigenvalue weighted by Gasteiger charge is 2.15. The molecule has 0 saturated carbocycles. The first kappa shape index (κ1) is 15.2. The Labute approximate surface area is 133 Å². The van der Waals surface area contributed by atoms with Crippen LogP contribution < -0.4 is 19.5 Å². The van der Waals surface area contributed by atoms with Crippen LogP contribution in [0.2, 0.25) is 0 Å². The number of nitrogens with one attached hydrogen (secondary N) is 2. The summed E-state index contributed by atoms with van der Waals surface area (Å²) in [5, 5.41) is 2.73. The van der Waals surface area contributed by atoms with Crippen LogP contribution in [0.4, 0.5) is 11.4 Å². The molecule has 2 aromatic rings. The van der Waals surface area contributed by atoms with Gasteiger partial charge in [0.15, 0.2) is 11.5 Å². The zero-order valence-corrected chi connectivity index (χ0v) is 13.0. The Morgan fingerprint density at radius 3 is 2.61 bits per heavy atom. The number of sulfonamides is 1. The number of rotatable bonds is 4. The van der Waals surface area contributed by atoms with Crippen LogP contribution in [0.15, 0.2) is 42.5 Å². The van der Waals surface area contributed by atoms with E-state index in [-0.39, 0.29) is 12.7 Å². The summed E-state index contributed by atoms with van der Waals surface area (Å²) in [7, 11) is -3.40. The predicted molar refractivity (Wildman–Crippen MR) is 85.4 cm³/mol. The van der Waals surface area contributed by atoms with Crippen LogP contribution >= 0.6 is 0 Å². The minimum Gasteiger partial charge on any atom is -0.454 e. The Kier molecular flexibility index (Phi) is 3.83. The lowest BCUT2D eigenvalue weighted by atomic mass is 10.2. The topological polar surface area (TPSA) is 93.7 Å². The number of amides is 1. The molecule has 0 radical (unpaired) electrons. The van der Waals surface area contributed by atoms with Gasteiger partial charge in [0.2, 0.25) is 16.8 Å². The molecule has 23 heavy (non-hydrogen) atoms. The molecule has 0 atom stereocenters. The number of benzene rings is 2. The minimum absolute atomic E-state index is 0.159. The summed E-state index contributed by atoms with van der Waals surface area (Å²) in [5.41, 5.74) is 1.21. The van der Waals surface area contributed by atoms with E-state index in [1.54, 1.807) is 36.4 Å². The second-order valence-corrected chi connectivity index (χ2v) is 6.73. The monoisotopic (exact) mass is 334 g/mol. The third-order valence-electron chi connectivity index (χ3n) is 3.06. The van der Waals surface area contributed by atoms with E-state index in [2.05, 4.69) is 10.0 Å². The number of hydrogen-bond acceptors (Lipinski definition) is 5. The van der Waals surface area contributed by atoms with E-state index in [1.165, 1.54) is 6.07 Å². The lowest BCUT2D eigenvalue weighted by Gasteiger charge is -2.08. The average molecular weight is 334 g/mol. The number of carbonyl (C=O) groups is 1. The lowest BCUT2D eigenvalue weighted by molar-refractivity contribution is 0.102. The molecule has 2 N–H and O–H groups in total.